The largest absolute Gasteiger partial charge is 0.442 e. The Morgan fingerprint density at radius 2 is 2.39 bits per heavy atom. The van der Waals surface area contributed by atoms with Gasteiger partial charge < -0.3 is 0 Å². The summed E-state index contributed by atoms with van der Waals surface area (Å²) in [4.78, 5) is 15.8. The van der Waals surface area contributed by atoms with Gasteiger partial charge in [0, 0.05) is 18.0 Å². The van der Waals surface area contributed by atoms with E-state index in [9.17, 15) is 4.79 Å². The number of nitrogens with zero attached hydrogens (tertiary/aromatic N) is 3. The summed E-state index contributed by atoms with van der Waals surface area (Å²) in [6.45, 7) is 0. The van der Waals surface area contributed by atoms with Gasteiger partial charge in [0.2, 0.25) is 0 Å². The normalized spacial score (nSPS) is 19.0. The predicted molar refractivity (Wildman–Crippen MR) is 66.0 cm³/mol. The molecule has 0 bridgehead atoms. The van der Waals surface area contributed by atoms with Crippen LogP contribution in [0.3, 0.4) is 0 Å². The van der Waals surface area contributed by atoms with E-state index in [0.717, 1.165) is 24.8 Å². The first-order chi connectivity index (χ1) is 8.86. The van der Waals surface area contributed by atoms with Gasteiger partial charge in [-0.2, -0.15) is 0 Å². The molecule has 0 N–H and O–H groups in total. The minimum absolute atomic E-state index is 0.0349. The highest BCUT2D eigenvalue weighted by Crippen LogP contribution is 2.25. The Morgan fingerprint density at radius 3 is 3.11 bits per heavy atom. The summed E-state index contributed by atoms with van der Waals surface area (Å²) >= 11 is 0. The van der Waals surface area contributed by atoms with Crippen LogP contribution in [0.5, 0.6) is 0 Å². The summed E-state index contributed by atoms with van der Waals surface area (Å²) in [6, 6.07) is 3.72. The van der Waals surface area contributed by atoms with E-state index < -0.39 is 5.76 Å². The van der Waals surface area contributed by atoms with Gasteiger partial charge in [-0.25, -0.2) is 9.36 Å². The van der Waals surface area contributed by atoms with Gasteiger partial charge in [0.1, 0.15) is 0 Å². The first-order valence-corrected chi connectivity index (χ1v) is 6.01. The van der Waals surface area contributed by atoms with Gasteiger partial charge in [0.15, 0.2) is 5.82 Å². The van der Waals surface area contributed by atoms with E-state index >= 15 is 0 Å². The van der Waals surface area contributed by atoms with Gasteiger partial charge in [0.05, 0.1) is 6.04 Å². The lowest BCUT2D eigenvalue weighted by Crippen LogP contribution is -2.21. The van der Waals surface area contributed by atoms with Gasteiger partial charge in [-0.15, -0.1) is 0 Å². The van der Waals surface area contributed by atoms with Crippen LogP contribution in [0.4, 0.5) is 0 Å². The molecule has 3 rings (SSSR count). The highest BCUT2D eigenvalue weighted by atomic mass is 16.5. The van der Waals surface area contributed by atoms with Gasteiger partial charge in [-0.05, 0) is 31.4 Å². The molecule has 0 spiro atoms. The highest BCUT2D eigenvalue weighted by Gasteiger charge is 2.20. The zero-order chi connectivity index (χ0) is 12.4. The summed E-state index contributed by atoms with van der Waals surface area (Å²) in [7, 11) is 0. The predicted octanol–water partition coefficient (Wildman–Crippen LogP) is 2.18. The molecule has 18 heavy (non-hydrogen) atoms. The summed E-state index contributed by atoms with van der Waals surface area (Å²) in [5.41, 5.74) is 0.794. The van der Waals surface area contributed by atoms with Crippen LogP contribution in [0.15, 0.2) is 46.0 Å². The molecule has 0 radical (unpaired) electrons. The maximum Gasteiger partial charge on any atom is 0.442 e. The second-order valence-corrected chi connectivity index (χ2v) is 4.31. The van der Waals surface area contributed by atoms with E-state index in [4.69, 9.17) is 4.52 Å². The van der Waals surface area contributed by atoms with Crippen LogP contribution >= 0.6 is 0 Å². The molecule has 5 heteroatoms. The molecular formula is C13H13N3O2. The SMILES string of the molecule is O=c1onc(-c2cccnc2)n1[C@H]1C=CCCC1. The first kappa shape index (κ1) is 11.0. The molecule has 0 fully saturated rings. The molecule has 2 heterocycles. The van der Waals surface area contributed by atoms with Crippen LogP contribution < -0.4 is 5.76 Å². The number of aromatic nitrogens is 3. The molecule has 0 aromatic carbocycles. The van der Waals surface area contributed by atoms with E-state index in [1.807, 2.05) is 18.2 Å². The second kappa shape index (κ2) is 4.60. The number of allylic oxidation sites excluding steroid dienone is 2. The fraction of sp³-hybridized carbons (Fsp3) is 0.308. The van der Waals surface area contributed by atoms with Crippen molar-refractivity contribution >= 4 is 0 Å². The zero-order valence-corrected chi connectivity index (χ0v) is 9.82. The average molecular weight is 243 g/mol. The van der Waals surface area contributed by atoms with Crippen LogP contribution in [-0.4, -0.2) is 14.7 Å². The van der Waals surface area contributed by atoms with Crippen molar-refractivity contribution in [3.8, 4) is 11.4 Å². The van der Waals surface area contributed by atoms with E-state index in [0.29, 0.717) is 5.82 Å². The summed E-state index contributed by atoms with van der Waals surface area (Å²) < 4.78 is 6.40. The smallest absolute Gasteiger partial charge is 0.295 e. The third-order valence-corrected chi connectivity index (χ3v) is 3.12. The second-order valence-electron chi connectivity index (χ2n) is 4.31. The fourth-order valence-corrected chi connectivity index (χ4v) is 2.25. The minimum Gasteiger partial charge on any atom is -0.295 e. The first-order valence-electron chi connectivity index (χ1n) is 6.01. The van der Waals surface area contributed by atoms with Crippen molar-refractivity contribution in [2.45, 2.75) is 25.3 Å². The maximum absolute atomic E-state index is 11.8. The standard InChI is InChI=1S/C13H13N3O2/c17-13-16(11-6-2-1-3-7-11)12(15-18-13)10-5-4-8-14-9-10/h2,4-6,8-9,11H,1,3,7H2/t11-/m0/s1. The highest BCUT2D eigenvalue weighted by molar-refractivity contribution is 5.52. The molecule has 0 aliphatic heterocycles. The van der Waals surface area contributed by atoms with Crippen molar-refractivity contribution in [2.24, 2.45) is 0 Å². The molecular weight excluding hydrogens is 230 g/mol. The Morgan fingerprint density at radius 1 is 1.44 bits per heavy atom. The average Bonchev–Trinajstić information content (AvgIpc) is 2.83. The van der Waals surface area contributed by atoms with E-state index in [1.165, 1.54) is 0 Å². The number of pyridine rings is 1. The number of hydrogen-bond donors (Lipinski definition) is 0. The molecule has 1 atom stereocenters. The third kappa shape index (κ3) is 1.88. The Balaban J connectivity index is 2.09. The van der Waals surface area contributed by atoms with Gasteiger partial charge in [-0.1, -0.05) is 17.3 Å². The zero-order valence-electron chi connectivity index (χ0n) is 9.82. The van der Waals surface area contributed by atoms with Crippen molar-refractivity contribution in [2.75, 3.05) is 0 Å². The summed E-state index contributed by atoms with van der Waals surface area (Å²) in [6.07, 6.45) is 10.6. The Kier molecular flexibility index (Phi) is 2.80. The lowest BCUT2D eigenvalue weighted by atomic mass is 10.0. The van der Waals surface area contributed by atoms with E-state index in [-0.39, 0.29) is 6.04 Å². The van der Waals surface area contributed by atoms with E-state index in [1.54, 1.807) is 17.0 Å². The van der Waals surface area contributed by atoms with Gasteiger partial charge in [0.25, 0.3) is 0 Å². The van der Waals surface area contributed by atoms with Crippen LogP contribution in [0, 0.1) is 0 Å². The van der Waals surface area contributed by atoms with Crippen LogP contribution in [0.2, 0.25) is 0 Å². The van der Waals surface area contributed by atoms with Crippen LogP contribution in [0.1, 0.15) is 25.3 Å². The van der Waals surface area contributed by atoms with Crippen molar-refractivity contribution in [3.63, 3.8) is 0 Å². The molecule has 0 unspecified atom stereocenters. The fourth-order valence-electron chi connectivity index (χ4n) is 2.25. The molecule has 92 valence electrons. The molecule has 2 aromatic heterocycles. The number of rotatable bonds is 2. The molecule has 2 aromatic rings. The molecule has 1 aliphatic carbocycles. The van der Waals surface area contributed by atoms with Crippen molar-refractivity contribution in [1.29, 1.82) is 0 Å². The van der Waals surface area contributed by atoms with Crippen LogP contribution in [-0.2, 0) is 0 Å². The summed E-state index contributed by atoms with van der Waals surface area (Å²) in [5, 5.41) is 3.86. The van der Waals surface area contributed by atoms with Crippen molar-refractivity contribution in [3.05, 3.63) is 47.2 Å². The molecule has 0 saturated heterocycles. The molecule has 1 aliphatic rings. The van der Waals surface area contributed by atoms with Crippen molar-refractivity contribution < 1.29 is 4.52 Å². The summed E-state index contributed by atoms with van der Waals surface area (Å²) in [5.74, 6) is 0.134. The van der Waals surface area contributed by atoms with Gasteiger partial charge >= 0.3 is 5.76 Å². The lowest BCUT2D eigenvalue weighted by molar-refractivity contribution is 0.366. The Labute approximate surface area is 104 Å². The Bertz CT molecular complexity index is 613. The molecule has 5 nitrogen and oxygen atoms in total. The third-order valence-electron chi connectivity index (χ3n) is 3.12. The van der Waals surface area contributed by atoms with E-state index in [2.05, 4.69) is 16.2 Å². The topological polar surface area (TPSA) is 60.9 Å². The quantitative estimate of drug-likeness (QED) is 0.758. The van der Waals surface area contributed by atoms with Crippen molar-refractivity contribution in [1.82, 2.24) is 14.7 Å². The van der Waals surface area contributed by atoms with Gasteiger partial charge in [-0.3, -0.25) is 9.51 Å². The number of hydrogen-bond acceptors (Lipinski definition) is 4. The maximum atomic E-state index is 11.8. The monoisotopic (exact) mass is 243 g/mol. The lowest BCUT2D eigenvalue weighted by Gasteiger charge is -2.17. The molecule has 0 amide bonds. The van der Waals surface area contributed by atoms with Crippen LogP contribution in [0.25, 0.3) is 11.4 Å². The minimum atomic E-state index is -0.412. The molecule has 0 saturated carbocycles. The Hall–Kier alpha value is -2.17.